The van der Waals surface area contributed by atoms with E-state index in [2.05, 4.69) is 15.8 Å². The molecule has 0 saturated heterocycles. The van der Waals surface area contributed by atoms with Crippen molar-refractivity contribution in [1.29, 1.82) is 0 Å². The Hall–Kier alpha value is -0.790. The molecule has 0 amide bonds. The summed E-state index contributed by atoms with van der Waals surface area (Å²) in [5, 5.41) is 0.539. The zero-order chi connectivity index (χ0) is 15.2. The third-order valence-electron chi connectivity index (χ3n) is 4.17. The molecular formula is C14H18N2O2S3. The first-order valence-corrected chi connectivity index (χ1v) is 10.5. The summed E-state index contributed by atoms with van der Waals surface area (Å²) >= 11 is 7.34. The lowest BCUT2D eigenvalue weighted by Gasteiger charge is -2.20. The number of fused-ring (bicyclic) bond motifs is 1. The summed E-state index contributed by atoms with van der Waals surface area (Å²) in [6, 6.07) is 5.72. The molecule has 4 nitrogen and oxygen atoms in total. The van der Waals surface area contributed by atoms with Crippen molar-refractivity contribution in [3.63, 3.8) is 0 Å². The molecule has 1 heterocycles. The second kappa shape index (κ2) is 5.44. The van der Waals surface area contributed by atoms with Crippen LogP contribution in [0.1, 0.15) is 25.3 Å². The lowest BCUT2D eigenvalue weighted by atomic mass is 10.2. The van der Waals surface area contributed by atoms with Crippen LogP contribution in [-0.2, 0) is 9.84 Å². The smallest absolute Gasteiger partial charge is 0.178 e. The molecule has 2 unspecified atom stereocenters. The minimum absolute atomic E-state index is 0.323. The van der Waals surface area contributed by atoms with Crippen LogP contribution < -0.4 is 0 Å². The summed E-state index contributed by atoms with van der Waals surface area (Å²) in [6.45, 7) is 0. The Labute approximate surface area is 133 Å². The minimum Gasteiger partial charge on any atom is -0.329 e. The number of nitrogens with one attached hydrogen (secondary N) is 1. The predicted octanol–water partition coefficient (Wildman–Crippen LogP) is 3.56. The molecule has 1 saturated carbocycles. The van der Waals surface area contributed by atoms with Crippen molar-refractivity contribution in [2.45, 2.75) is 35.4 Å². The number of benzene rings is 1. The lowest BCUT2D eigenvalue weighted by molar-refractivity contribution is 0.536. The van der Waals surface area contributed by atoms with Gasteiger partial charge in [0.25, 0.3) is 0 Å². The van der Waals surface area contributed by atoms with Gasteiger partial charge in [0.15, 0.2) is 14.6 Å². The predicted molar refractivity (Wildman–Crippen MR) is 90.4 cm³/mol. The van der Waals surface area contributed by atoms with E-state index in [1.54, 1.807) is 12.1 Å². The Kier molecular flexibility index (Phi) is 3.92. The summed E-state index contributed by atoms with van der Waals surface area (Å²) in [5.74, 6) is 0. The van der Waals surface area contributed by atoms with Crippen LogP contribution in [0.25, 0.3) is 11.0 Å². The van der Waals surface area contributed by atoms with Gasteiger partial charge in [0.2, 0.25) is 0 Å². The van der Waals surface area contributed by atoms with Crippen LogP contribution in [0.15, 0.2) is 23.1 Å². The van der Waals surface area contributed by atoms with Gasteiger partial charge in [-0.05, 0) is 43.4 Å². The van der Waals surface area contributed by atoms with Crippen LogP contribution in [0, 0.1) is 4.77 Å². The molecule has 0 spiro atoms. The number of hydrogen-bond acceptors (Lipinski definition) is 4. The van der Waals surface area contributed by atoms with Crippen molar-refractivity contribution in [2.75, 3.05) is 12.5 Å². The molecule has 1 aliphatic carbocycles. The van der Waals surface area contributed by atoms with Crippen LogP contribution in [0.5, 0.6) is 0 Å². The highest BCUT2D eigenvalue weighted by molar-refractivity contribution is 7.99. The van der Waals surface area contributed by atoms with Crippen LogP contribution >= 0.6 is 24.0 Å². The molecule has 0 aliphatic heterocycles. The second-order valence-electron chi connectivity index (χ2n) is 5.50. The monoisotopic (exact) mass is 342 g/mol. The Morgan fingerprint density at radius 3 is 2.81 bits per heavy atom. The molecule has 1 aliphatic rings. The van der Waals surface area contributed by atoms with Gasteiger partial charge in [0, 0.05) is 17.5 Å². The van der Waals surface area contributed by atoms with Crippen molar-refractivity contribution in [3.8, 4) is 0 Å². The van der Waals surface area contributed by atoms with Crippen molar-refractivity contribution < 1.29 is 8.42 Å². The van der Waals surface area contributed by atoms with Gasteiger partial charge in [0.05, 0.1) is 15.9 Å². The molecule has 7 heteroatoms. The number of aromatic nitrogens is 2. The van der Waals surface area contributed by atoms with Gasteiger partial charge in [0.1, 0.15) is 0 Å². The number of thioether (sulfide) groups is 1. The van der Waals surface area contributed by atoms with Gasteiger partial charge < -0.3 is 9.55 Å². The van der Waals surface area contributed by atoms with Gasteiger partial charge in [-0.1, -0.05) is 12.5 Å². The molecule has 21 heavy (non-hydrogen) atoms. The van der Waals surface area contributed by atoms with Gasteiger partial charge >= 0.3 is 0 Å². The number of rotatable bonds is 3. The fourth-order valence-corrected chi connectivity index (χ4v) is 5.40. The third kappa shape index (κ3) is 2.55. The van der Waals surface area contributed by atoms with Crippen LogP contribution in [-0.4, -0.2) is 35.7 Å². The SMILES string of the molecule is CSC1CCCC1n1c(=S)[nH]c2c(S(C)(=O)=O)cccc21. The molecule has 0 bridgehead atoms. The summed E-state index contributed by atoms with van der Waals surface area (Å²) < 4.78 is 26.6. The second-order valence-corrected chi connectivity index (χ2v) is 8.94. The lowest BCUT2D eigenvalue weighted by Crippen LogP contribution is -2.15. The molecule has 1 aromatic heterocycles. The van der Waals surface area contributed by atoms with E-state index in [1.165, 1.54) is 19.1 Å². The van der Waals surface area contributed by atoms with Crippen LogP contribution in [0.3, 0.4) is 0 Å². The van der Waals surface area contributed by atoms with E-state index >= 15 is 0 Å². The van der Waals surface area contributed by atoms with E-state index in [0.29, 0.717) is 26.5 Å². The van der Waals surface area contributed by atoms with E-state index in [1.807, 2.05) is 17.8 Å². The van der Waals surface area contributed by atoms with Crippen molar-refractivity contribution in [2.24, 2.45) is 0 Å². The van der Waals surface area contributed by atoms with Crippen molar-refractivity contribution in [1.82, 2.24) is 9.55 Å². The Morgan fingerprint density at radius 2 is 2.14 bits per heavy atom. The first-order chi connectivity index (χ1) is 9.93. The highest BCUT2D eigenvalue weighted by Gasteiger charge is 2.30. The van der Waals surface area contributed by atoms with E-state index < -0.39 is 9.84 Å². The van der Waals surface area contributed by atoms with E-state index in [4.69, 9.17) is 12.2 Å². The molecule has 1 N–H and O–H groups in total. The third-order valence-corrected chi connectivity index (χ3v) is 6.76. The summed E-state index contributed by atoms with van der Waals surface area (Å²) in [7, 11) is -3.27. The van der Waals surface area contributed by atoms with Crippen LogP contribution in [0.2, 0.25) is 0 Å². The number of imidazole rings is 1. The first-order valence-electron chi connectivity index (χ1n) is 6.89. The normalized spacial score (nSPS) is 23.0. The number of hydrogen-bond donors (Lipinski definition) is 1. The molecule has 1 fully saturated rings. The molecule has 0 radical (unpaired) electrons. The summed E-state index contributed by atoms with van der Waals surface area (Å²) in [4.78, 5) is 3.44. The number of para-hydroxylation sites is 1. The maximum Gasteiger partial charge on any atom is 0.178 e. The molecule has 2 aromatic rings. The summed E-state index contributed by atoms with van der Waals surface area (Å²) in [6.07, 6.45) is 6.83. The summed E-state index contributed by atoms with van der Waals surface area (Å²) in [5.41, 5.74) is 1.53. The first kappa shape index (κ1) is 15.1. The average molecular weight is 343 g/mol. The number of H-pyrrole nitrogens is 1. The highest BCUT2D eigenvalue weighted by Crippen LogP contribution is 2.39. The Bertz CT molecular complexity index is 836. The number of nitrogens with zero attached hydrogens (tertiary/aromatic N) is 1. The van der Waals surface area contributed by atoms with Crippen LogP contribution in [0.4, 0.5) is 0 Å². The van der Waals surface area contributed by atoms with E-state index in [9.17, 15) is 8.42 Å². The fraction of sp³-hybridized carbons (Fsp3) is 0.500. The molecule has 2 atom stereocenters. The van der Waals surface area contributed by atoms with E-state index in [0.717, 1.165) is 11.9 Å². The van der Waals surface area contributed by atoms with Gasteiger partial charge in [-0.3, -0.25) is 0 Å². The molecule has 3 rings (SSSR count). The zero-order valence-corrected chi connectivity index (χ0v) is 14.4. The van der Waals surface area contributed by atoms with Crippen molar-refractivity contribution in [3.05, 3.63) is 23.0 Å². The fourth-order valence-electron chi connectivity index (χ4n) is 3.24. The average Bonchev–Trinajstić information content (AvgIpc) is 2.98. The van der Waals surface area contributed by atoms with Gasteiger partial charge in [-0.25, -0.2) is 8.42 Å². The quantitative estimate of drug-likeness (QED) is 0.867. The maximum absolute atomic E-state index is 11.9. The topological polar surface area (TPSA) is 54.9 Å². The highest BCUT2D eigenvalue weighted by atomic mass is 32.2. The number of sulfone groups is 1. The number of aromatic amines is 1. The van der Waals surface area contributed by atoms with Gasteiger partial charge in [-0.15, -0.1) is 0 Å². The minimum atomic E-state index is -3.27. The van der Waals surface area contributed by atoms with Gasteiger partial charge in [-0.2, -0.15) is 11.8 Å². The Balaban J connectivity index is 2.26. The Morgan fingerprint density at radius 1 is 1.38 bits per heavy atom. The zero-order valence-electron chi connectivity index (χ0n) is 12.0. The van der Waals surface area contributed by atoms with Crippen molar-refractivity contribution >= 4 is 44.9 Å². The maximum atomic E-state index is 11.9. The van der Waals surface area contributed by atoms with E-state index in [-0.39, 0.29) is 0 Å². The molecule has 1 aromatic carbocycles. The molecular weight excluding hydrogens is 324 g/mol. The molecule has 114 valence electrons. The standard InChI is InChI=1S/C14H18N2O2S3/c1-20-11-7-3-5-9(11)16-10-6-4-8-12(21(2,17)18)13(10)15-14(16)19/h4,6,8-9,11H,3,5,7H2,1-2H3,(H,15,19). The largest absolute Gasteiger partial charge is 0.329 e.